The summed E-state index contributed by atoms with van der Waals surface area (Å²) in [6.45, 7) is 0. The summed E-state index contributed by atoms with van der Waals surface area (Å²) >= 11 is 0. The largest absolute Gasteiger partial charge is 0.268 e. The Kier molecular flexibility index (Phi) is 2.55. The van der Waals surface area contributed by atoms with Gasteiger partial charge in [-0.1, -0.05) is 0 Å². The molecule has 0 radical (unpaired) electrons. The number of carbonyl (C=O) groups excluding carboxylic acids is 1. The number of benzene rings is 1. The highest BCUT2D eigenvalue weighted by molar-refractivity contribution is 5.95. The van der Waals surface area contributed by atoms with E-state index < -0.39 is 17.5 Å². The second-order valence-corrected chi connectivity index (χ2v) is 2.22. The molecule has 0 aliphatic rings. The van der Waals surface area contributed by atoms with E-state index >= 15 is 0 Å². The second kappa shape index (κ2) is 3.63. The van der Waals surface area contributed by atoms with Gasteiger partial charge in [0.15, 0.2) is 6.19 Å². The van der Waals surface area contributed by atoms with Crippen LogP contribution in [0.5, 0.6) is 0 Å². The average Bonchev–Trinajstić information content (AvgIpc) is 2.03. The Morgan fingerprint density at radius 3 is 2.31 bits per heavy atom. The van der Waals surface area contributed by atoms with Gasteiger partial charge in [0.1, 0.15) is 11.6 Å². The first kappa shape index (κ1) is 9.13. The summed E-state index contributed by atoms with van der Waals surface area (Å²) in [7, 11) is 0. The summed E-state index contributed by atoms with van der Waals surface area (Å²) in [6.07, 6.45) is 1.36. The van der Waals surface area contributed by atoms with Gasteiger partial charge in [0.05, 0.1) is 0 Å². The van der Waals surface area contributed by atoms with Crippen LogP contribution in [0.15, 0.2) is 18.2 Å². The Labute approximate surface area is 72.6 Å². The molecule has 0 aromatic heterocycles. The van der Waals surface area contributed by atoms with Crippen molar-refractivity contribution in [3.63, 3.8) is 0 Å². The Bertz CT molecular complexity index is 364. The minimum absolute atomic E-state index is 0.223. The van der Waals surface area contributed by atoms with Crippen LogP contribution in [0.1, 0.15) is 10.4 Å². The van der Waals surface area contributed by atoms with Gasteiger partial charge in [-0.25, -0.2) is 8.78 Å². The molecule has 1 N–H and O–H groups in total. The summed E-state index contributed by atoms with van der Waals surface area (Å²) in [5.74, 6) is -2.55. The lowest BCUT2D eigenvalue weighted by atomic mass is 10.2. The molecule has 5 heteroatoms. The van der Waals surface area contributed by atoms with Crippen molar-refractivity contribution in [1.29, 1.82) is 5.26 Å². The maximum atomic E-state index is 12.5. The third kappa shape index (κ3) is 2.24. The molecule has 66 valence electrons. The molecular weight excluding hydrogens is 178 g/mol. The lowest BCUT2D eigenvalue weighted by molar-refractivity contribution is 0.0972. The van der Waals surface area contributed by atoms with Crippen LogP contribution in [-0.4, -0.2) is 5.91 Å². The average molecular weight is 182 g/mol. The quantitative estimate of drug-likeness (QED) is 0.523. The molecule has 0 aliphatic heterocycles. The monoisotopic (exact) mass is 182 g/mol. The van der Waals surface area contributed by atoms with Crippen LogP contribution in [0.2, 0.25) is 0 Å². The molecule has 0 fully saturated rings. The standard InChI is InChI=1S/C8H4F2N2O/c9-6-1-5(2-7(10)3-6)8(13)12-4-11/h1-3H,(H,12,13). The highest BCUT2D eigenvalue weighted by atomic mass is 19.1. The molecule has 1 amide bonds. The molecule has 0 atom stereocenters. The number of amides is 1. The SMILES string of the molecule is N#CNC(=O)c1cc(F)cc(F)c1. The number of carbonyl (C=O) groups is 1. The molecule has 0 spiro atoms. The van der Waals surface area contributed by atoms with Crippen molar-refractivity contribution in [3.05, 3.63) is 35.4 Å². The van der Waals surface area contributed by atoms with E-state index in [-0.39, 0.29) is 5.56 Å². The van der Waals surface area contributed by atoms with Gasteiger partial charge in [-0.15, -0.1) is 0 Å². The van der Waals surface area contributed by atoms with Crippen LogP contribution in [0.4, 0.5) is 8.78 Å². The molecule has 0 unspecified atom stereocenters. The van der Waals surface area contributed by atoms with Crippen LogP contribution >= 0.6 is 0 Å². The number of hydrogen-bond donors (Lipinski definition) is 1. The van der Waals surface area contributed by atoms with E-state index in [2.05, 4.69) is 0 Å². The first-order chi connectivity index (χ1) is 6.13. The predicted octanol–water partition coefficient (Wildman–Crippen LogP) is 1.18. The fourth-order valence-electron chi connectivity index (χ4n) is 0.808. The van der Waals surface area contributed by atoms with E-state index in [1.54, 1.807) is 5.32 Å². The fraction of sp³-hybridized carbons (Fsp3) is 0. The lowest BCUT2D eigenvalue weighted by Crippen LogP contribution is -2.17. The van der Waals surface area contributed by atoms with Crippen molar-refractivity contribution >= 4 is 5.91 Å². The third-order valence-corrected chi connectivity index (χ3v) is 1.29. The van der Waals surface area contributed by atoms with Crippen molar-refractivity contribution < 1.29 is 13.6 Å². The summed E-state index contributed by atoms with van der Waals surface area (Å²) in [4.78, 5) is 10.9. The topological polar surface area (TPSA) is 52.9 Å². The Balaban J connectivity index is 3.02. The highest BCUT2D eigenvalue weighted by Gasteiger charge is 2.07. The zero-order chi connectivity index (χ0) is 9.84. The number of rotatable bonds is 1. The van der Waals surface area contributed by atoms with E-state index in [1.165, 1.54) is 6.19 Å². The van der Waals surface area contributed by atoms with E-state index in [9.17, 15) is 13.6 Å². The van der Waals surface area contributed by atoms with Crippen LogP contribution < -0.4 is 5.32 Å². The summed E-state index contributed by atoms with van der Waals surface area (Å²) in [5.41, 5.74) is -0.223. The van der Waals surface area contributed by atoms with Gasteiger partial charge in [0.2, 0.25) is 0 Å². The molecular formula is C8H4F2N2O. The van der Waals surface area contributed by atoms with Crippen molar-refractivity contribution in [1.82, 2.24) is 5.32 Å². The van der Waals surface area contributed by atoms with Gasteiger partial charge in [-0.05, 0) is 12.1 Å². The van der Waals surface area contributed by atoms with E-state index in [4.69, 9.17) is 5.26 Å². The van der Waals surface area contributed by atoms with Crippen LogP contribution in [0.3, 0.4) is 0 Å². The molecule has 0 saturated carbocycles. The normalized spacial score (nSPS) is 9.00. The molecule has 3 nitrogen and oxygen atoms in total. The summed E-state index contributed by atoms with van der Waals surface area (Å²) in [6, 6.07) is 2.33. The number of halogens is 2. The number of nitrogens with one attached hydrogen (secondary N) is 1. The van der Waals surface area contributed by atoms with Gasteiger partial charge < -0.3 is 0 Å². The predicted molar refractivity (Wildman–Crippen MR) is 39.4 cm³/mol. The van der Waals surface area contributed by atoms with Gasteiger partial charge in [0, 0.05) is 11.6 Å². The van der Waals surface area contributed by atoms with Crippen LogP contribution in [0.25, 0.3) is 0 Å². The van der Waals surface area contributed by atoms with Crippen molar-refractivity contribution in [2.75, 3.05) is 0 Å². The Hall–Kier alpha value is -1.96. The molecule has 1 rings (SSSR count). The molecule has 13 heavy (non-hydrogen) atoms. The molecule has 1 aromatic carbocycles. The van der Waals surface area contributed by atoms with Gasteiger partial charge >= 0.3 is 0 Å². The van der Waals surface area contributed by atoms with Gasteiger partial charge in [-0.3, -0.25) is 10.1 Å². The van der Waals surface area contributed by atoms with E-state index in [0.29, 0.717) is 6.07 Å². The zero-order valence-electron chi connectivity index (χ0n) is 6.34. The van der Waals surface area contributed by atoms with Crippen LogP contribution in [-0.2, 0) is 0 Å². The highest BCUT2D eigenvalue weighted by Crippen LogP contribution is 2.07. The van der Waals surface area contributed by atoms with Gasteiger partial charge in [0.25, 0.3) is 5.91 Å². The molecule has 1 aromatic rings. The third-order valence-electron chi connectivity index (χ3n) is 1.29. The lowest BCUT2D eigenvalue weighted by Gasteiger charge is -1.97. The summed E-state index contributed by atoms with van der Waals surface area (Å²) < 4.78 is 25.1. The maximum absolute atomic E-state index is 12.5. The molecule has 0 heterocycles. The van der Waals surface area contributed by atoms with E-state index in [0.717, 1.165) is 12.1 Å². The number of nitriles is 1. The maximum Gasteiger partial charge on any atom is 0.264 e. The van der Waals surface area contributed by atoms with Crippen molar-refractivity contribution in [2.45, 2.75) is 0 Å². The first-order valence-electron chi connectivity index (χ1n) is 3.29. The second-order valence-electron chi connectivity index (χ2n) is 2.22. The number of nitrogens with zero attached hydrogens (tertiary/aromatic N) is 1. The van der Waals surface area contributed by atoms with Crippen LogP contribution in [0, 0.1) is 23.1 Å². The number of hydrogen-bond acceptors (Lipinski definition) is 2. The molecule has 0 bridgehead atoms. The summed E-state index contributed by atoms with van der Waals surface area (Å²) in [5, 5.41) is 9.82. The molecule has 0 aliphatic carbocycles. The smallest absolute Gasteiger partial charge is 0.264 e. The van der Waals surface area contributed by atoms with Crippen molar-refractivity contribution in [3.8, 4) is 6.19 Å². The molecule has 0 saturated heterocycles. The minimum Gasteiger partial charge on any atom is -0.268 e. The first-order valence-corrected chi connectivity index (χ1v) is 3.29. The van der Waals surface area contributed by atoms with Gasteiger partial charge in [-0.2, -0.15) is 5.26 Å². The van der Waals surface area contributed by atoms with E-state index in [1.807, 2.05) is 0 Å². The fourth-order valence-corrected chi connectivity index (χ4v) is 0.808. The Morgan fingerprint density at radius 2 is 1.85 bits per heavy atom. The minimum atomic E-state index is -0.858. The zero-order valence-corrected chi connectivity index (χ0v) is 6.34. The Morgan fingerprint density at radius 1 is 1.31 bits per heavy atom. The van der Waals surface area contributed by atoms with Crippen molar-refractivity contribution in [2.24, 2.45) is 0 Å².